The predicted molar refractivity (Wildman–Crippen MR) is 132 cm³/mol. The Morgan fingerprint density at radius 2 is 1.71 bits per heavy atom. The molecule has 0 radical (unpaired) electrons. The molecule has 174 valence electrons. The van der Waals surface area contributed by atoms with Gasteiger partial charge in [0.25, 0.3) is 0 Å². The van der Waals surface area contributed by atoms with E-state index in [1.54, 1.807) is 24.5 Å². The Bertz CT molecular complexity index is 1250. The Kier molecular flexibility index (Phi) is 7.07. The summed E-state index contributed by atoms with van der Waals surface area (Å²) >= 11 is 0. The van der Waals surface area contributed by atoms with Crippen LogP contribution in [0.5, 0.6) is 17.2 Å². The number of pyridine rings is 1. The van der Waals surface area contributed by atoms with E-state index in [1.807, 2.05) is 49.4 Å². The van der Waals surface area contributed by atoms with Crippen molar-refractivity contribution >= 4 is 11.8 Å². The third kappa shape index (κ3) is 5.53. The summed E-state index contributed by atoms with van der Waals surface area (Å²) < 4.78 is 12.3. The molecule has 0 bridgehead atoms. The third-order valence-corrected chi connectivity index (χ3v) is 5.23. The van der Waals surface area contributed by atoms with Crippen molar-refractivity contribution in [2.24, 2.45) is 0 Å². The van der Waals surface area contributed by atoms with Gasteiger partial charge in [0.2, 0.25) is 5.95 Å². The first-order valence-corrected chi connectivity index (χ1v) is 11.0. The van der Waals surface area contributed by atoms with Crippen LogP contribution < -0.4 is 20.9 Å². The average molecular weight is 458 g/mol. The summed E-state index contributed by atoms with van der Waals surface area (Å²) in [6.07, 6.45) is 4.54. The predicted octanol–water partition coefficient (Wildman–Crippen LogP) is 4.02. The SMILES string of the molecule is CCOc1cc(Cc2cnc(N)nc2N)cc(OCCc2ccccn2)c1-c1ccc(O)cc1. The van der Waals surface area contributed by atoms with Crippen LogP contribution in [-0.2, 0) is 12.8 Å². The molecule has 0 amide bonds. The molecular formula is C26H27N5O3. The van der Waals surface area contributed by atoms with Gasteiger partial charge in [-0.25, -0.2) is 4.98 Å². The molecule has 34 heavy (non-hydrogen) atoms. The number of aromatic nitrogens is 3. The van der Waals surface area contributed by atoms with E-state index in [9.17, 15) is 5.11 Å². The van der Waals surface area contributed by atoms with E-state index in [-0.39, 0.29) is 11.7 Å². The highest BCUT2D eigenvalue weighted by molar-refractivity contribution is 5.78. The molecule has 8 heteroatoms. The molecule has 2 aromatic carbocycles. The summed E-state index contributed by atoms with van der Waals surface area (Å²) in [6, 6.07) is 16.7. The molecule has 0 aliphatic carbocycles. The van der Waals surface area contributed by atoms with Crippen LogP contribution in [0, 0.1) is 0 Å². The number of hydrogen-bond acceptors (Lipinski definition) is 8. The highest BCUT2D eigenvalue weighted by atomic mass is 16.5. The Morgan fingerprint density at radius 1 is 0.941 bits per heavy atom. The first-order chi connectivity index (χ1) is 16.5. The molecule has 0 unspecified atom stereocenters. The monoisotopic (exact) mass is 457 g/mol. The molecular weight excluding hydrogens is 430 g/mol. The lowest BCUT2D eigenvalue weighted by Crippen LogP contribution is -2.07. The largest absolute Gasteiger partial charge is 0.508 e. The second kappa shape index (κ2) is 10.5. The second-order valence-corrected chi connectivity index (χ2v) is 7.68. The summed E-state index contributed by atoms with van der Waals surface area (Å²) in [4.78, 5) is 12.5. The van der Waals surface area contributed by atoms with Crippen molar-refractivity contribution in [3.8, 4) is 28.4 Å². The van der Waals surface area contributed by atoms with Crippen LogP contribution in [-0.4, -0.2) is 33.3 Å². The normalized spacial score (nSPS) is 10.7. The lowest BCUT2D eigenvalue weighted by molar-refractivity contribution is 0.313. The van der Waals surface area contributed by atoms with E-state index in [4.69, 9.17) is 20.9 Å². The number of nitrogens with zero attached hydrogens (tertiary/aromatic N) is 3. The molecule has 5 N–H and O–H groups in total. The van der Waals surface area contributed by atoms with Gasteiger partial charge in [-0.2, -0.15) is 4.98 Å². The van der Waals surface area contributed by atoms with E-state index < -0.39 is 0 Å². The van der Waals surface area contributed by atoms with Crippen molar-refractivity contribution in [2.75, 3.05) is 24.7 Å². The molecule has 0 aliphatic heterocycles. The number of nitrogens with two attached hydrogens (primary N) is 2. The Hall–Kier alpha value is -4.33. The van der Waals surface area contributed by atoms with Gasteiger partial charge in [0, 0.05) is 36.5 Å². The summed E-state index contributed by atoms with van der Waals surface area (Å²) in [5, 5.41) is 9.76. The van der Waals surface area contributed by atoms with Crippen LogP contribution in [0.3, 0.4) is 0 Å². The van der Waals surface area contributed by atoms with Crippen molar-refractivity contribution in [3.63, 3.8) is 0 Å². The van der Waals surface area contributed by atoms with Gasteiger partial charge in [-0.1, -0.05) is 18.2 Å². The van der Waals surface area contributed by atoms with Crippen LogP contribution in [0.25, 0.3) is 11.1 Å². The average Bonchev–Trinajstić information content (AvgIpc) is 2.83. The van der Waals surface area contributed by atoms with Gasteiger partial charge in [-0.3, -0.25) is 4.98 Å². The van der Waals surface area contributed by atoms with Gasteiger partial charge < -0.3 is 26.0 Å². The molecule has 0 atom stereocenters. The minimum Gasteiger partial charge on any atom is -0.508 e. The smallest absolute Gasteiger partial charge is 0.221 e. The zero-order chi connectivity index (χ0) is 23.9. The van der Waals surface area contributed by atoms with E-state index in [0.29, 0.717) is 43.4 Å². The molecule has 2 heterocycles. The second-order valence-electron chi connectivity index (χ2n) is 7.68. The topological polar surface area (TPSA) is 129 Å². The maximum absolute atomic E-state index is 9.76. The molecule has 2 aromatic heterocycles. The van der Waals surface area contributed by atoms with Gasteiger partial charge in [0.1, 0.15) is 23.1 Å². The number of hydrogen-bond donors (Lipinski definition) is 3. The zero-order valence-electron chi connectivity index (χ0n) is 18.9. The lowest BCUT2D eigenvalue weighted by Gasteiger charge is -2.18. The Labute approximate surface area is 198 Å². The number of rotatable bonds is 9. The minimum atomic E-state index is 0.137. The molecule has 0 fully saturated rings. The van der Waals surface area contributed by atoms with Gasteiger partial charge >= 0.3 is 0 Å². The van der Waals surface area contributed by atoms with Crippen LogP contribution >= 0.6 is 0 Å². The molecule has 0 spiro atoms. The molecule has 0 aliphatic rings. The van der Waals surface area contributed by atoms with E-state index in [2.05, 4.69) is 15.0 Å². The number of nitrogen functional groups attached to an aromatic ring is 2. The number of phenols is 1. The van der Waals surface area contributed by atoms with Crippen molar-refractivity contribution < 1.29 is 14.6 Å². The highest BCUT2D eigenvalue weighted by Gasteiger charge is 2.17. The van der Waals surface area contributed by atoms with E-state index >= 15 is 0 Å². The maximum atomic E-state index is 9.76. The maximum Gasteiger partial charge on any atom is 0.221 e. The van der Waals surface area contributed by atoms with Gasteiger partial charge in [0.05, 0.1) is 18.8 Å². The summed E-state index contributed by atoms with van der Waals surface area (Å²) in [5.74, 6) is 2.00. The summed E-state index contributed by atoms with van der Waals surface area (Å²) in [5.41, 5.74) is 16.0. The summed E-state index contributed by atoms with van der Waals surface area (Å²) in [6.45, 7) is 2.85. The fourth-order valence-corrected chi connectivity index (χ4v) is 3.64. The zero-order valence-corrected chi connectivity index (χ0v) is 18.9. The van der Waals surface area contributed by atoms with E-state index in [1.165, 1.54) is 0 Å². The van der Waals surface area contributed by atoms with Gasteiger partial charge in [-0.05, 0) is 54.4 Å². The van der Waals surface area contributed by atoms with Crippen LogP contribution in [0.1, 0.15) is 23.7 Å². The molecule has 4 aromatic rings. The van der Waals surface area contributed by atoms with Gasteiger partial charge in [0.15, 0.2) is 0 Å². The fraction of sp³-hybridized carbons (Fsp3) is 0.192. The quantitative estimate of drug-likeness (QED) is 0.344. The van der Waals surface area contributed by atoms with Crippen molar-refractivity contribution in [1.29, 1.82) is 0 Å². The van der Waals surface area contributed by atoms with Crippen molar-refractivity contribution in [1.82, 2.24) is 15.0 Å². The van der Waals surface area contributed by atoms with Crippen molar-refractivity contribution in [2.45, 2.75) is 19.8 Å². The molecule has 4 rings (SSSR count). The molecule has 0 saturated carbocycles. The number of aromatic hydroxyl groups is 1. The van der Waals surface area contributed by atoms with Crippen LogP contribution in [0.2, 0.25) is 0 Å². The minimum absolute atomic E-state index is 0.137. The van der Waals surface area contributed by atoms with Crippen LogP contribution in [0.4, 0.5) is 11.8 Å². The molecule has 8 nitrogen and oxygen atoms in total. The highest BCUT2D eigenvalue weighted by Crippen LogP contribution is 2.41. The number of benzene rings is 2. The lowest BCUT2D eigenvalue weighted by atomic mass is 9.98. The number of phenolic OH excluding ortho intramolecular Hbond substituents is 1. The number of ether oxygens (including phenoxy) is 2. The fourth-order valence-electron chi connectivity index (χ4n) is 3.64. The van der Waals surface area contributed by atoms with Crippen molar-refractivity contribution in [3.05, 3.63) is 83.8 Å². The standard InChI is InChI=1S/C26H27N5O3/c1-2-33-22-14-17(13-19-16-30-26(28)31-25(19)27)15-23(24(22)18-6-8-21(32)9-7-18)34-12-10-20-5-3-4-11-29-20/h3-9,11,14-16,32H,2,10,12-13H2,1H3,(H4,27,28,30,31). The third-order valence-electron chi connectivity index (χ3n) is 5.23. The number of anilines is 2. The first-order valence-electron chi connectivity index (χ1n) is 11.0. The molecule has 0 saturated heterocycles. The Balaban J connectivity index is 1.72. The summed E-state index contributed by atoms with van der Waals surface area (Å²) in [7, 11) is 0. The van der Waals surface area contributed by atoms with Gasteiger partial charge in [-0.15, -0.1) is 0 Å². The van der Waals surface area contributed by atoms with Crippen LogP contribution in [0.15, 0.2) is 67.0 Å². The first kappa shape index (κ1) is 22.8. The van der Waals surface area contributed by atoms with E-state index in [0.717, 1.165) is 27.9 Å². The Morgan fingerprint density at radius 3 is 2.38 bits per heavy atom.